The van der Waals surface area contributed by atoms with Crippen LogP contribution < -0.4 is 14.2 Å². The lowest BCUT2D eigenvalue weighted by atomic mass is 10.1. The zero-order valence-corrected chi connectivity index (χ0v) is 16.7. The lowest BCUT2D eigenvalue weighted by molar-refractivity contribution is 0.0731. The number of methoxy groups -OCH3 is 3. The van der Waals surface area contributed by atoms with Gasteiger partial charge < -0.3 is 24.0 Å². The molecule has 0 spiro atoms. The molecule has 6 nitrogen and oxygen atoms in total. The highest BCUT2D eigenvalue weighted by molar-refractivity contribution is 5.95. The molecule has 1 amide bonds. The number of amides is 1. The number of hydrogen-bond donors (Lipinski definition) is 0. The van der Waals surface area contributed by atoms with Gasteiger partial charge in [-0.05, 0) is 31.8 Å². The van der Waals surface area contributed by atoms with Crippen LogP contribution in [0.25, 0.3) is 0 Å². The third-order valence-corrected chi connectivity index (χ3v) is 4.23. The molecular weight excluding hydrogens is 344 g/mol. The van der Waals surface area contributed by atoms with Gasteiger partial charge >= 0.3 is 0 Å². The minimum Gasteiger partial charge on any atom is -0.493 e. The first-order chi connectivity index (χ1) is 13.0. The molecule has 0 aliphatic carbocycles. The van der Waals surface area contributed by atoms with Crippen LogP contribution in [0.3, 0.4) is 0 Å². The Morgan fingerprint density at radius 2 is 1.48 bits per heavy atom. The van der Waals surface area contributed by atoms with Gasteiger partial charge in [-0.1, -0.05) is 30.3 Å². The summed E-state index contributed by atoms with van der Waals surface area (Å²) in [7, 11) is 8.61. The molecule has 0 aromatic heterocycles. The molecule has 27 heavy (non-hydrogen) atoms. The van der Waals surface area contributed by atoms with E-state index in [4.69, 9.17) is 14.2 Å². The Bertz CT molecular complexity index is 722. The summed E-state index contributed by atoms with van der Waals surface area (Å²) >= 11 is 0. The Morgan fingerprint density at radius 1 is 0.889 bits per heavy atom. The van der Waals surface area contributed by atoms with Crippen molar-refractivity contribution in [1.82, 2.24) is 9.80 Å². The molecule has 2 aromatic rings. The van der Waals surface area contributed by atoms with Crippen molar-refractivity contribution in [3.05, 3.63) is 53.6 Å². The number of likely N-dealkylation sites (N-methyl/N-ethyl adjacent to an activating group) is 1. The maximum Gasteiger partial charge on any atom is 0.254 e. The summed E-state index contributed by atoms with van der Waals surface area (Å²) < 4.78 is 16.1. The number of ether oxygens (including phenoxy) is 3. The topological polar surface area (TPSA) is 51.2 Å². The fourth-order valence-corrected chi connectivity index (χ4v) is 2.76. The molecule has 0 saturated heterocycles. The van der Waals surface area contributed by atoms with Crippen LogP contribution in [0, 0.1) is 0 Å². The van der Waals surface area contributed by atoms with Crippen LogP contribution in [0.15, 0.2) is 42.5 Å². The van der Waals surface area contributed by atoms with E-state index in [0.29, 0.717) is 35.9 Å². The second-order valence-electron chi connectivity index (χ2n) is 6.43. The van der Waals surface area contributed by atoms with E-state index in [2.05, 4.69) is 4.90 Å². The molecule has 0 fully saturated rings. The van der Waals surface area contributed by atoms with Crippen LogP contribution in [-0.4, -0.2) is 64.2 Å². The maximum absolute atomic E-state index is 13.3. The largest absolute Gasteiger partial charge is 0.493 e. The zero-order valence-electron chi connectivity index (χ0n) is 16.7. The van der Waals surface area contributed by atoms with E-state index < -0.39 is 0 Å². The highest BCUT2D eigenvalue weighted by Gasteiger charge is 2.21. The third kappa shape index (κ3) is 5.37. The van der Waals surface area contributed by atoms with Gasteiger partial charge in [-0.3, -0.25) is 4.79 Å². The fraction of sp³-hybridized carbons (Fsp3) is 0.381. The average Bonchev–Trinajstić information content (AvgIpc) is 2.69. The second kappa shape index (κ2) is 9.83. The molecule has 0 bridgehead atoms. The van der Waals surface area contributed by atoms with Gasteiger partial charge in [0.1, 0.15) is 0 Å². The predicted molar refractivity (Wildman–Crippen MR) is 106 cm³/mol. The minimum atomic E-state index is -0.0834. The molecule has 0 heterocycles. The van der Waals surface area contributed by atoms with E-state index in [0.717, 1.165) is 12.1 Å². The normalized spacial score (nSPS) is 10.6. The second-order valence-corrected chi connectivity index (χ2v) is 6.43. The monoisotopic (exact) mass is 372 g/mol. The third-order valence-electron chi connectivity index (χ3n) is 4.23. The number of hydrogen-bond acceptors (Lipinski definition) is 5. The van der Waals surface area contributed by atoms with E-state index in [1.54, 1.807) is 33.5 Å². The summed E-state index contributed by atoms with van der Waals surface area (Å²) in [6.45, 7) is 1.91. The first-order valence-electron chi connectivity index (χ1n) is 8.78. The summed E-state index contributed by atoms with van der Waals surface area (Å²) in [5.74, 6) is 1.32. The first-order valence-corrected chi connectivity index (χ1v) is 8.78. The molecule has 146 valence electrons. The lowest BCUT2D eigenvalue weighted by Gasteiger charge is -2.25. The minimum absolute atomic E-state index is 0.0834. The van der Waals surface area contributed by atoms with E-state index in [1.165, 1.54) is 0 Å². The molecule has 0 saturated carbocycles. The molecule has 6 heteroatoms. The summed E-state index contributed by atoms with van der Waals surface area (Å²) in [5.41, 5.74) is 1.58. The van der Waals surface area contributed by atoms with Crippen molar-refractivity contribution >= 4 is 5.91 Å². The Hall–Kier alpha value is -2.73. The van der Waals surface area contributed by atoms with E-state index in [-0.39, 0.29) is 5.91 Å². The molecular formula is C21H28N2O4. The Balaban J connectivity index is 2.35. The van der Waals surface area contributed by atoms with Gasteiger partial charge in [-0.15, -0.1) is 0 Å². The van der Waals surface area contributed by atoms with Crippen LogP contribution in [-0.2, 0) is 6.54 Å². The first kappa shape index (κ1) is 20.6. The molecule has 2 rings (SSSR count). The zero-order chi connectivity index (χ0) is 19.8. The van der Waals surface area contributed by atoms with Crippen molar-refractivity contribution in [2.45, 2.75) is 6.54 Å². The number of nitrogens with zero attached hydrogens (tertiary/aromatic N) is 2. The number of benzene rings is 2. The Labute approximate surface area is 161 Å². The molecule has 2 aromatic carbocycles. The number of carbonyl (C=O) groups is 1. The highest BCUT2D eigenvalue weighted by Crippen LogP contribution is 2.38. The molecule has 0 aliphatic heterocycles. The van der Waals surface area contributed by atoms with Crippen LogP contribution in [0.2, 0.25) is 0 Å². The van der Waals surface area contributed by atoms with Crippen LogP contribution in [0.5, 0.6) is 17.2 Å². The molecule has 0 aliphatic rings. The summed E-state index contributed by atoms with van der Waals surface area (Å²) in [5, 5.41) is 0. The van der Waals surface area contributed by atoms with Gasteiger partial charge in [0, 0.05) is 25.2 Å². The van der Waals surface area contributed by atoms with E-state index in [9.17, 15) is 4.79 Å². The van der Waals surface area contributed by atoms with Crippen LogP contribution >= 0.6 is 0 Å². The van der Waals surface area contributed by atoms with Crippen molar-refractivity contribution in [3.8, 4) is 17.2 Å². The smallest absolute Gasteiger partial charge is 0.254 e. The van der Waals surface area contributed by atoms with Gasteiger partial charge in [0.25, 0.3) is 5.91 Å². The molecule has 0 N–H and O–H groups in total. The number of carbonyl (C=O) groups excluding carboxylic acids is 1. The molecule has 0 radical (unpaired) electrons. The fourth-order valence-electron chi connectivity index (χ4n) is 2.76. The van der Waals surface area contributed by atoms with Gasteiger partial charge in [-0.2, -0.15) is 0 Å². The SMILES string of the molecule is COc1cc(C(=O)N(CCN(C)C)Cc2ccccc2)cc(OC)c1OC. The van der Waals surface area contributed by atoms with Gasteiger partial charge in [0.05, 0.1) is 21.3 Å². The van der Waals surface area contributed by atoms with Crippen LogP contribution in [0.1, 0.15) is 15.9 Å². The van der Waals surface area contributed by atoms with Gasteiger partial charge in [-0.25, -0.2) is 0 Å². The van der Waals surface area contributed by atoms with E-state index >= 15 is 0 Å². The van der Waals surface area contributed by atoms with E-state index in [1.807, 2.05) is 49.3 Å². The van der Waals surface area contributed by atoms with Gasteiger partial charge in [0.2, 0.25) is 5.75 Å². The van der Waals surface area contributed by atoms with Crippen molar-refractivity contribution in [2.24, 2.45) is 0 Å². The predicted octanol–water partition coefficient (Wildman–Crippen LogP) is 2.92. The molecule has 0 unspecified atom stereocenters. The average molecular weight is 372 g/mol. The van der Waals surface area contributed by atoms with Crippen molar-refractivity contribution in [3.63, 3.8) is 0 Å². The standard InChI is InChI=1S/C21H28N2O4/c1-22(2)11-12-23(15-16-9-7-6-8-10-16)21(24)17-13-18(25-3)20(27-5)19(14-17)26-4/h6-10,13-14H,11-12,15H2,1-5H3. The highest BCUT2D eigenvalue weighted by atomic mass is 16.5. The van der Waals surface area contributed by atoms with Crippen molar-refractivity contribution in [1.29, 1.82) is 0 Å². The van der Waals surface area contributed by atoms with Crippen LogP contribution in [0.4, 0.5) is 0 Å². The quantitative estimate of drug-likeness (QED) is 0.677. The summed E-state index contributed by atoms with van der Waals surface area (Å²) in [6.07, 6.45) is 0. The summed E-state index contributed by atoms with van der Waals surface area (Å²) in [4.78, 5) is 17.1. The molecule has 0 atom stereocenters. The Kier molecular flexibility index (Phi) is 7.49. The van der Waals surface area contributed by atoms with Gasteiger partial charge in [0.15, 0.2) is 11.5 Å². The maximum atomic E-state index is 13.3. The van der Waals surface area contributed by atoms with Crippen molar-refractivity contribution in [2.75, 3.05) is 48.5 Å². The number of rotatable bonds is 9. The van der Waals surface area contributed by atoms with Crippen molar-refractivity contribution < 1.29 is 19.0 Å². The lowest BCUT2D eigenvalue weighted by Crippen LogP contribution is -2.36. The summed E-state index contributed by atoms with van der Waals surface area (Å²) in [6, 6.07) is 13.3. The Morgan fingerprint density at radius 3 is 1.96 bits per heavy atom.